The molecule has 0 N–H and O–H groups in total. The monoisotopic (exact) mass is 437 g/mol. The Morgan fingerprint density at radius 2 is 1.71 bits per heavy atom. The number of benzene rings is 2. The molecule has 1 aliphatic heterocycles. The number of carbonyl (C=O) groups is 1. The van der Waals surface area contributed by atoms with Crippen molar-refractivity contribution in [2.24, 2.45) is 0 Å². The Bertz CT molecular complexity index is 1150. The highest BCUT2D eigenvalue weighted by molar-refractivity contribution is 7.91. The lowest BCUT2D eigenvalue weighted by molar-refractivity contribution is 0.0722. The summed E-state index contributed by atoms with van der Waals surface area (Å²) < 4.78 is 25.4. The molecule has 0 unspecified atom stereocenters. The number of nitrogens with zero attached hydrogens (tertiary/aromatic N) is 3. The molecule has 4 rings (SSSR count). The molecule has 1 fully saturated rings. The molecule has 1 amide bonds. The van der Waals surface area contributed by atoms with Crippen molar-refractivity contribution in [3.8, 4) is 11.3 Å². The van der Waals surface area contributed by atoms with Crippen molar-refractivity contribution >= 4 is 15.7 Å². The first-order valence-corrected chi connectivity index (χ1v) is 12.3. The van der Waals surface area contributed by atoms with E-state index in [2.05, 4.69) is 0 Å². The Morgan fingerprint density at radius 1 is 1.06 bits per heavy atom. The number of hydrogen-bond donors (Lipinski definition) is 0. The summed E-state index contributed by atoms with van der Waals surface area (Å²) in [7, 11) is -1.22. The number of carbonyl (C=O) groups excluding carboxylic acids is 1. The van der Waals surface area contributed by atoms with Gasteiger partial charge in [0, 0.05) is 24.8 Å². The van der Waals surface area contributed by atoms with Gasteiger partial charge in [-0.15, -0.1) is 0 Å². The van der Waals surface area contributed by atoms with Crippen LogP contribution in [0.1, 0.15) is 34.3 Å². The number of hydrogen-bond acceptors (Lipinski definition) is 4. The van der Waals surface area contributed by atoms with Crippen LogP contribution in [0.4, 0.5) is 0 Å². The second-order valence-electron chi connectivity index (χ2n) is 8.24. The number of amides is 1. The van der Waals surface area contributed by atoms with Crippen molar-refractivity contribution in [3.05, 3.63) is 77.5 Å². The predicted octanol–water partition coefficient (Wildman–Crippen LogP) is 3.56. The van der Waals surface area contributed by atoms with Crippen LogP contribution in [-0.4, -0.2) is 53.6 Å². The smallest absolute Gasteiger partial charge is 0.257 e. The third-order valence-electron chi connectivity index (χ3n) is 5.90. The first kappa shape index (κ1) is 21.3. The molecule has 1 aliphatic rings. The molecule has 6 nitrogen and oxygen atoms in total. The summed E-state index contributed by atoms with van der Waals surface area (Å²) in [6.45, 7) is 2.59. The van der Waals surface area contributed by atoms with E-state index >= 15 is 0 Å². The van der Waals surface area contributed by atoms with Gasteiger partial charge in [-0.3, -0.25) is 9.48 Å². The minimum absolute atomic E-state index is 0.0839. The number of aromatic nitrogens is 2. The van der Waals surface area contributed by atoms with E-state index in [4.69, 9.17) is 5.10 Å². The Kier molecular flexibility index (Phi) is 5.96. The average molecular weight is 438 g/mol. The molecule has 0 radical (unpaired) electrons. The molecular formula is C24H27N3O3S. The van der Waals surface area contributed by atoms with Crippen molar-refractivity contribution < 1.29 is 13.2 Å². The number of sulfone groups is 1. The molecule has 0 atom stereocenters. The van der Waals surface area contributed by atoms with Gasteiger partial charge in [-0.1, -0.05) is 60.2 Å². The van der Waals surface area contributed by atoms with Gasteiger partial charge in [-0.2, -0.15) is 5.10 Å². The van der Waals surface area contributed by atoms with E-state index in [1.165, 1.54) is 0 Å². The quantitative estimate of drug-likeness (QED) is 0.612. The molecule has 7 heteroatoms. The normalized spacial score (nSPS) is 16.2. The summed E-state index contributed by atoms with van der Waals surface area (Å²) in [5.41, 5.74) is 4.32. The average Bonchev–Trinajstić information content (AvgIpc) is 3.17. The Labute approximate surface area is 183 Å². The van der Waals surface area contributed by atoms with Gasteiger partial charge < -0.3 is 4.90 Å². The van der Waals surface area contributed by atoms with Crippen LogP contribution in [0.15, 0.2) is 60.8 Å². The van der Waals surface area contributed by atoms with Crippen LogP contribution < -0.4 is 0 Å². The van der Waals surface area contributed by atoms with Crippen molar-refractivity contribution in [1.29, 1.82) is 0 Å². The molecule has 31 heavy (non-hydrogen) atoms. The molecule has 162 valence electrons. The van der Waals surface area contributed by atoms with Gasteiger partial charge in [0.15, 0.2) is 0 Å². The molecule has 2 aromatic carbocycles. The summed E-state index contributed by atoms with van der Waals surface area (Å²) >= 11 is 0. The van der Waals surface area contributed by atoms with E-state index in [9.17, 15) is 13.2 Å². The summed E-state index contributed by atoms with van der Waals surface area (Å²) in [6, 6.07) is 17.9. The van der Waals surface area contributed by atoms with Crippen LogP contribution in [0.5, 0.6) is 0 Å². The third-order valence-corrected chi connectivity index (χ3v) is 7.61. The van der Waals surface area contributed by atoms with Crippen LogP contribution >= 0.6 is 0 Å². The molecule has 3 aromatic rings. The zero-order valence-corrected chi connectivity index (χ0v) is 18.7. The fourth-order valence-electron chi connectivity index (χ4n) is 3.97. The fourth-order valence-corrected chi connectivity index (χ4v) is 5.44. The highest BCUT2D eigenvalue weighted by atomic mass is 32.2. The summed E-state index contributed by atoms with van der Waals surface area (Å²) in [4.78, 5) is 15.1. The van der Waals surface area contributed by atoms with Crippen molar-refractivity contribution in [3.63, 3.8) is 0 Å². The van der Waals surface area contributed by atoms with E-state index in [1.807, 2.05) is 61.5 Å². The Balaban J connectivity index is 1.65. The molecule has 0 aliphatic carbocycles. The highest BCUT2D eigenvalue weighted by Crippen LogP contribution is 2.26. The zero-order valence-electron chi connectivity index (χ0n) is 17.9. The lowest BCUT2D eigenvalue weighted by Gasteiger charge is -2.31. The standard InChI is InChI=1S/C24H27N3O3S/c1-18-8-10-20(11-9-18)23-22(17-27(25-23)16-19-6-4-3-5-7-19)24(28)26(2)21-12-14-31(29,30)15-13-21/h3-11,17,21H,12-16H2,1-2H3. The largest absolute Gasteiger partial charge is 0.339 e. The van der Waals surface area contributed by atoms with Crippen LogP contribution in [0, 0.1) is 6.92 Å². The Hall–Kier alpha value is -2.93. The molecule has 0 saturated carbocycles. The van der Waals surface area contributed by atoms with E-state index < -0.39 is 9.84 Å². The highest BCUT2D eigenvalue weighted by Gasteiger charge is 2.31. The van der Waals surface area contributed by atoms with Crippen LogP contribution in [0.25, 0.3) is 11.3 Å². The molecule has 1 aromatic heterocycles. The van der Waals surface area contributed by atoms with E-state index in [1.54, 1.807) is 22.8 Å². The van der Waals surface area contributed by atoms with Crippen LogP contribution in [0.3, 0.4) is 0 Å². The summed E-state index contributed by atoms with van der Waals surface area (Å²) in [5, 5.41) is 4.75. The fraction of sp³-hybridized carbons (Fsp3) is 0.333. The minimum Gasteiger partial charge on any atom is -0.339 e. The van der Waals surface area contributed by atoms with Crippen molar-refractivity contribution in [2.75, 3.05) is 18.6 Å². The predicted molar refractivity (Wildman–Crippen MR) is 122 cm³/mol. The SMILES string of the molecule is Cc1ccc(-c2nn(Cc3ccccc3)cc2C(=O)N(C)C2CCS(=O)(=O)CC2)cc1. The second-order valence-corrected chi connectivity index (χ2v) is 10.5. The maximum atomic E-state index is 13.5. The lowest BCUT2D eigenvalue weighted by Crippen LogP contribution is -2.42. The van der Waals surface area contributed by atoms with E-state index in [0.717, 1.165) is 16.7 Å². The summed E-state index contributed by atoms with van der Waals surface area (Å²) in [5.74, 6) is 0.139. The van der Waals surface area contributed by atoms with Gasteiger partial charge in [0.25, 0.3) is 5.91 Å². The van der Waals surface area contributed by atoms with Gasteiger partial charge in [0.2, 0.25) is 0 Å². The van der Waals surface area contributed by atoms with Gasteiger partial charge >= 0.3 is 0 Å². The second kappa shape index (κ2) is 8.67. The van der Waals surface area contributed by atoms with Crippen LogP contribution in [-0.2, 0) is 16.4 Å². The molecule has 0 bridgehead atoms. The maximum Gasteiger partial charge on any atom is 0.257 e. The zero-order chi connectivity index (χ0) is 22.0. The molecule has 0 spiro atoms. The van der Waals surface area contributed by atoms with Gasteiger partial charge in [0.05, 0.1) is 23.6 Å². The first-order chi connectivity index (χ1) is 14.8. The third kappa shape index (κ3) is 4.88. The maximum absolute atomic E-state index is 13.5. The topological polar surface area (TPSA) is 72.3 Å². The van der Waals surface area contributed by atoms with Crippen molar-refractivity contribution in [2.45, 2.75) is 32.4 Å². The molecular weight excluding hydrogens is 410 g/mol. The van der Waals surface area contributed by atoms with Gasteiger partial charge in [-0.05, 0) is 25.3 Å². The summed E-state index contributed by atoms with van der Waals surface area (Å²) in [6.07, 6.45) is 2.76. The molecule has 1 saturated heterocycles. The Morgan fingerprint density at radius 3 is 2.35 bits per heavy atom. The van der Waals surface area contributed by atoms with E-state index in [0.29, 0.717) is 30.6 Å². The number of rotatable bonds is 5. The first-order valence-electron chi connectivity index (χ1n) is 10.5. The van der Waals surface area contributed by atoms with Gasteiger partial charge in [0.1, 0.15) is 15.5 Å². The van der Waals surface area contributed by atoms with E-state index in [-0.39, 0.29) is 23.5 Å². The van der Waals surface area contributed by atoms with Crippen LogP contribution in [0.2, 0.25) is 0 Å². The number of aryl methyl sites for hydroxylation is 1. The van der Waals surface area contributed by atoms with Crippen molar-refractivity contribution in [1.82, 2.24) is 14.7 Å². The van der Waals surface area contributed by atoms with Gasteiger partial charge in [-0.25, -0.2) is 8.42 Å². The minimum atomic E-state index is -2.98. The lowest BCUT2D eigenvalue weighted by atomic mass is 10.0. The molecule has 2 heterocycles.